The minimum atomic E-state index is -3.15. The first-order valence-corrected chi connectivity index (χ1v) is 6.33. The lowest BCUT2D eigenvalue weighted by atomic mass is 10.1. The molecule has 0 aliphatic carbocycles. The summed E-state index contributed by atoms with van der Waals surface area (Å²) in [7, 11) is 1.21. The molecule has 0 saturated heterocycles. The Morgan fingerprint density at radius 2 is 2.19 bits per heavy atom. The zero-order valence-electron chi connectivity index (χ0n) is 11.8. The lowest BCUT2D eigenvalue weighted by Crippen LogP contribution is -2.13. The first kappa shape index (κ1) is 18.9. The number of hydrogen-bond donors (Lipinski definition) is 1. The van der Waals surface area contributed by atoms with Crippen molar-refractivity contribution in [3.05, 3.63) is 24.3 Å². The maximum atomic E-state index is 13.3. The van der Waals surface area contributed by atoms with E-state index in [1.165, 1.54) is 31.4 Å². The fourth-order valence-electron chi connectivity index (χ4n) is 1.25. The molecule has 0 spiro atoms. The van der Waals surface area contributed by atoms with Crippen LogP contribution in [0.2, 0.25) is 0 Å². The molecule has 114 valence electrons. The lowest BCUT2D eigenvalue weighted by molar-refractivity contribution is -0.140. The predicted molar refractivity (Wildman–Crippen MR) is 76.3 cm³/mol. The number of esters is 1. The van der Waals surface area contributed by atoms with Gasteiger partial charge in [0, 0.05) is 19.3 Å². The quantitative estimate of drug-likeness (QED) is 0.446. The van der Waals surface area contributed by atoms with Crippen LogP contribution in [0.25, 0.3) is 0 Å². The predicted octanol–water partition coefficient (Wildman–Crippen LogP) is 2.46. The Morgan fingerprint density at radius 1 is 1.48 bits per heavy atom. The van der Waals surface area contributed by atoms with Gasteiger partial charge in [-0.25, -0.2) is 0 Å². The SMILES string of the molecule is C#CC[C@@H](O)/C=C/C=C/C#CC(F)(F)CCCC(=O)OC. The molecular formula is C16H18F2O3. The van der Waals surface area contributed by atoms with E-state index in [4.69, 9.17) is 6.42 Å². The maximum Gasteiger partial charge on any atom is 0.308 e. The molecule has 0 heterocycles. The van der Waals surface area contributed by atoms with Gasteiger partial charge in [-0.05, 0) is 18.4 Å². The number of methoxy groups -OCH3 is 1. The van der Waals surface area contributed by atoms with E-state index in [0.717, 1.165) is 0 Å². The van der Waals surface area contributed by atoms with Crippen molar-refractivity contribution in [3.63, 3.8) is 0 Å². The van der Waals surface area contributed by atoms with E-state index in [1.807, 2.05) is 5.92 Å². The molecule has 0 aliphatic heterocycles. The normalized spacial score (nSPS) is 12.7. The van der Waals surface area contributed by atoms with Gasteiger partial charge in [-0.2, -0.15) is 8.78 Å². The fourth-order valence-corrected chi connectivity index (χ4v) is 1.25. The number of allylic oxidation sites excluding steroid dienone is 3. The molecule has 3 nitrogen and oxygen atoms in total. The summed E-state index contributed by atoms with van der Waals surface area (Å²) in [6.07, 6.45) is 9.47. The number of carbonyl (C=O) groups excluding carboxylic acids is 1. The zero-order valence-corrected chi connectivity index (χ0v) is 11.8. The van der Waals surface area contributed by atoms with Gasteiger partial charge in [0.2, 0.25) is 0 Å². The van der Waals surface area contributed by atoms with Gasteiger partial charge >= 0.3 is 11.9 Å². The molecule has 0 radical (unpaired) electrons. The second-order valence-electron chi connectivity index (χ2n) is 4.12. The van der Waals surface area contributed by atoms with Gasteiger partial charge in [0.05, 0.1) is 13.2 Å². The van der Waals surface area contributed by atoms with Crippen LogP contribution in [0.15, 0.2) is 24.3 Å². The standard InChI is InChI=1S/C16H18F2O3/c1-3-9-14(19)10-6-4-5-7-12-16(17,18)13-8-11-15(20)21-2/h1,4-6,10,14,19H,8-9,11,13H2,2H3/b5-4+,10-6+/t14-/m1/s1. The summed E-state index contributed by atoms with van der Waals surface area (Å²) in [5.74, 6) is 2.65. The topological polar surface area (TPSA) is 46.5 Å². The highest BCUT2D eigenvalue weighted by Gasteiger charge is 2.25. The molecule has 0 unspecified atom stereocenters. The van der Waals surface area contributed by atoms with Crippen molar-refractivity contribution in [2.45, 2.75) is 37.7 Å². The van der Waals surface area contributed by atoms with Crippen LogP contribution in [0.5, 0.6) is 0 Å². The highest BCUT2D eigenvalue weighted by molar-refractivity contribution is 5.69. The summed E-state index contributed by atoms with van der Waals surface area (Å²) >= 11 is 0. The molecule has 0 aromatic rings. The van der Waals surface area contributed by atoms with Crippen LogP contribution in [0, 0.1) is 24.2 Å². The Morgan fingerprint density at radius 3 is 2.81 bits per heavy atom. The van der Waals surface area contributed by atoms with Gasteiger partial charge < -0.3 is 9.84 Å². The summed E-state index contributed by atoms with van der Waals surface area (Å²) in [6.45, 7) is 0. The highest BCUT2D eigenvalue weighted by Crippen LogP contribution is 2.20. The van der Waals surface area contributed by atoms with Gasteiger partial charge in [0.15, 0.2) is 0 Å². The third kappa shape index (κ3) is 11.4. The Kier molecular flexibility index (Phi) is 9.58. The molecule has 1 atom stereocenters. The van der Waals surface area contributed by atoms with Gasteiger partial charge in [-0.15, -0.1) is 12.3 Å². The fraction of sp³-hybridized carbons (Fsp3) is 0.438. The maximum absolute atomic E-state index is 13.3. The number of carbonyl (C=O) groups is 1. The summed E-state index contributed by atoms with van der Waals surface area (Å²) < 4.78 is 30.9. The van der Waals surface area contributed by atoms with Crippen molar-refractivity contribution in [2.75, 3.05) is 7.11 Å². The molecule has 0 aliphatic rings. The Labute approximate surface area is 123 Å². The zero-order chi connectivity index (χ0) is 16.1. The molecule has 1 N–H and O–H groups in total. The van der Waals surface area contributed by atoms with Crippen molar-refractivity contribution < 1.29 is 23.4 Å². The number of halogens is 2. The third-order valence-electron chi connectivity index (χ3n) is 2.31. The van der Waals surface area contributed by atoms with Crippen LogP contribution in [0.4, 0.5) is 8.78 Å². The first-order valence-electron chi connectivity index (χ1n) is 6.33. The average Bonchev–Trinajstić information content (AvgIpc) is 2.42. The summed E-state index contributed by atoms with van der Waals surface area (Å²) in [6, 6.07) is 0. The molecule has 0 aromatic carbocycles. The number of aliphatic hydroxyl groups excluding tert-OH is 1. The van der Waals surface area contributed by atoms with Gasteiger partial charge in [0.1, 0.15) is 0 Å². The smallest absolute Gasteiger partial charge is 0.308 e. The first-order chi connectivity index (χ1) is 9.91. The Bertz CT molecular complexity index is 476. The third-order valence-corrected chi connectivity index (χ3v) is 2.31. The monoisotopic (exact) mass is 296 g/mol. The van der Waals surface area contributed by atoms with E-state index in [2.05, 4.69) is 16.6 Å². The number of hydrogen-bond acceptors (Lipinski definition) is 3. The lowest BCUT2D eigenvalue weighted by Gasteiger charge is -2.07. The van der Waals surface area contributed by atoms with Crippen molar-refractivity contribution in [1.29, 1.82) is 0 Å². The van der Waals surface area contributed by atoms with Crippen molar-refractivity contribution in [1.82, 2.24) is 0 Å². The molecule has 0 aromatic heterocycles. The summed E-state index contributed by atoms with van der Waals surface area (Å²) in [5, 5.41) is 9.24. The molecule has 0 bridgehead atoms. The van der Waals surface area contributed by atoms with Crippen molar-refractivity contribution in [2.24, 2.45) is 0 Å². The van der Waals surface area contributed by atoms with E-state index in [-0.39, 0.29) is 19.3 Å². The number of aliphatic hydroxyl groups is 1. The second kappa shape index (κ2) is 10.7. The van der Waals surface area contributed by atoms with Crippen LogP contribution in [-0.4, -0.2) is 30.2 Å². The number of terminal acetylenes is 1. The minimum Gasteiger partial charge on any atom is -0.469 e. The van der Waals surface area contributed by atoms with Gasteiger partial charge in [-0.1, -0.05) is 24.1 Å². The van der Waals surface area contributed by atoms with E-state index in [0.29, 0.717) is 0 Å². The number of ether oxygens (including phenoxy) is 1. The molecule has 0 amide bonds. The van der Waals surface area contributed by atoms with Gasteiger partial charge in [-0.3, -0.25) is 4.79 Å². The molecule has 0 rings (SSSR count). The molecule has 21 heavy (non-hydrogen) atoms. The van der Waals surface area contributed by atoms with E-state index >= 15 is 0 Å². The number of alkyl halides is 2. The minimum absolute atomic E-state index is 0.0102. The molecule has 0 saturated carbocycles. The van der Waals surface area contributed by atoms with Crippen LogP contribution in [0.3, 0.4) is 0 Å². The highest BCUT2D eigenvalue weighted by atomic mass is 19.3. The van der Waals surface area contributed by atoms with Crippen molar-refractivity contribution in [3.8, 4) is 24.2 Å². The van der Waals surface area contributed by atoms with Crippen molar-refractivity contribution >= 4 is 5.97 Å². The molecular weight excluding hydrogens is 278 g/mol. The van der Waals surface area contributed by atoms with Gasteiger partial charge in [0.25, 0.3) is 0 Å². The second-order valence-corrected chi connectivity index (χ2v) is 4.12. The van der Waals surface area contributed by atoms with Crippen LogP contribution < -0.4 is 0 Å². The Balaban J connectivity index is 4.17. The van der Waals surface area contributed by atoms with E-state index < -0.39 is 24.4 Å². The largest absolute Gasteiger partial charge is 0.469 e. The Hall–Kier alpha value is -2.11. The average molecular weight is 296 g/mol. The van der Waals surface area contributed by atoms with Crippen LogP contribution >= 0.6 is 0 Å². The van der Waals surface area contributed by atoms with Crippen LogP contribution in [0.1, 0.15) is 25.7 Å². The summed E-state index contributed by atoms with van der Waals surface area (Å²) in [5.41, 5.74) is 0. The molecule has 5 heteroatoms. The molecule has 0 fully saturated rings. The number of rotatable bonds is 7. The summed E-state index contributed by atoms with van der Waals surface area (Å²) in [4.78, 5) is 10.8. The van der Waals surface area contributed by atoms with E-state index in [9.17, 15) is 18.7 Å². The van der Waals surface area contributed by atoms with E-state index in [1.54, 1.807) is 0 Å². The van der Waals surface area contributed by atoms with Crippen LogP contribution in [-0.2, 0) is 9.53 Å².